The minimum atomic E-state index is -0.475. The Hall–Kier alpha value is -3.57. The number of hydrogen-bond acceptors (Lipinski definition) is 7. The lowest BCUT2D eigenvalue weighted by molar-refractivity contribution is 0.0996. The Morgan fingerprint density at radius 2 is 2.14 bits per heavy atom. The maximum atomic E-state index is 12.3. The number of ether oxygens (including phenoxy) is 2. The van der Waals surface area contributed by atoms with E-state index >= 15 is 0 Å². The number of carbonyl (C=O) groups excluding carboxylic acids is 1. The molecule has 8 nitrogen and oxygen atoms in total. The van der Waals surface area contributed by atoms with Crippen molar-refractivity contribution in [3.63, 3.8) is 0 Å². The molecule has 0 atom stereocenters. The van der Waals surface area contributed by atoms with Crippen LogP contribution in [-0.4, -0.2) is 44.3 Å². The van der Waals surface area contributed by atoms with Crippen molar-refractivity contribution in [1.29, 1.82) is 5.26 Å². The quantitative estimate of drug-likeness (QED) is 0.745. The van der Waals surface area contributed by atoms with Gasteiger partial charge in [0.2, 0.25) is 0 Å². The zero-order valence-corrected chi connectivity index (χ0v) is 15.3. The molecule has 3 aromatic rings. The van der Waals surface area contributed by atoms with Crippen LogP contribution in [0.3, 0.4) is 0 Å². The van der Waals surface area contributed by atoms with E-state index in [4.69, 9.17) is 13.9 Å². The molecule has 1 aromatic carbocycles. The van der Waals surface area contributed by atoms with Gasteiger partial charge in [-0.25, -0.2) is 4.98 Å². The summed E-state index contributed by atoms with van der Waals surface area (Å²) >= 11 is 0. The SMILES string of the molecule is COc1ccc(N2CCOCC2)c2cc(C#N)c(NC(=O)c3ccco3)nc12. The van der Waals surface area contributed by atoms with Gasteiger partial charge in [-0.1, -0.05) is 0 Å². The second kappa shape index (κ2) is 7.58. The number of rotatable bonds is 4. The molecule has 1 aliphatic rings. The van der Waals surface area contributed by atoms with Crippen molar-refractivity contribution < 1.29 is 18.7 Å². The number of nitrogens with one attached hydrogen (secondary N) is 1. The van der Waals surface area contributed by atoms with Crippen LogP contribution in [0, 0.1) is 11.3 Å². The number of fused-ring (bicyclic) bond motifs is 1. The normalized spacial score (nSPS) is 13.9. The van der Waals surface area contributed by atoms with Crippen LogP contribution in [0.15, 0.2) is 41.0 Å². The van der Waals surface area contributed by atoms with E-state index in [1.54, 1.807) is 25.3 Å². The molecule has 0 radical (unpaired) electrons. The first-order valence-electron chi connectivity index (χ1n) is 8.80. The topological polar surface area (TPSA) is 101 Å². The van der Waals surface area contributed by atoms with E-state index in [0.29, 0.717) is 24.5 Å². The molecule has 8 heteroatoms. The molecule has 0 spiro atoms. The highest BCUT2D eigenvalue weighted by molar-refractivity contribution is 6.04. The van der Waals surface area contributed by atoms with Crippen LogP contribution in [0.1, 0.15) is 16.1 Å². The van der Waals surface area contributed by atoms with Crippen LogP contribution >= 0.6 is 0 Å². The smallest absolute Gasteiger partial charge is 0.292 e. The van der Waals surface area contributed by atoms with Gasteiger partial charge in [0.05, 0.1) is 32.2 Å². The first-order valence-corrected chi connectivity index (χ1v) is 8.80. The largest absolute Gasteiger partial charge is 0.494 e. The highest BCUT2D eigenvalue weighted by Gasteiger charge is 2.20. The van der Waals surface area contributed by atoms with E-state index in [1.165, 1.54) is 6.26 Å². The molecule has 0 unspecified atom stereocenters. The lowest BCUT2D eigenvalue weighted by atomic mass is 10.1. The van der Waals surface area contributed by atoms with Crippen molar-refractivity contribution in [3.05, 3.63) is 47.9 Å². The molecule has 3 heterocycles. The molecule has 1 aliphatic heterocycles. The molecule has 4 rings (SSSR count). The Balaban J connectivity index is 1.81. The number of amides is 1. The third-order valence-corrected chi connectivity index (χ3v) is 4.59. The Bertz CT molecular complexity index is 1050. The molecule has 1 saturated heterocycles. The number of nitriles is 1. The molecule has 1 amide bonds. The lowest BCUT2D eigenvalue weighted by Gasteiger charge is -2.30. The van der Waals surface area contributed by atoms with Gasteiger partial charge in [-0.15, -0.1) is 0 Å². The average molecular weight is 378 g/mol. The maximum absolute atomic E-state index is 12.3. The maximum Gasteiger partial charge on any atom is 0.292 e. The Labute approximate surface area is 161 Å². The van der Waals surface area contributed by atoms with Gasteiger partial charge in [0.25, 0.3) is 5.91 Å². The Morgan fingerprint density at radius 3 is 2.82 bits per heavy atom. The second-order valence-electron chi connectivity index (χ2n) is 6.21. The number of furan rings is 1. The molecule has 142 valence electrons. The van der Waals surface area contributed by atoms with Gasteiger partial charge in [0, 0.05) is 24.2 Å². The summed E-state index contributed by atoms with van der Waals surface area (Å²) in [6, 6.07) is 10.8. The predicted molar refractivity (Wildman–Crippen MR) is 103 cm³/mol. The summed E-state index contributed by atoms with van der Waals surface area (Å²) in [7, 11) is 1.56. The van der Waals surface area contributed by atoms with Crippen molar-refractivity contribution in [2.24, 2.45) is 0 Å². The van der Waals surface area contributed by atoms with E-state index in [2.05, 4.69) is 21.3 Å². The number of benzene rings is 1. The van der Waals surface area contributed by atoms with E-state index in [1.807, 2.05) is 12.1 Å². The summed E-state index contributed by atoms with van der Waals surface area (Å²) in [6.45, 7) is 2.79. The first kappa shape index (κ1) is 17.8. The van der Waals surface area contributed by atoms with Crippen LogP contribution in [0.25, 0.3) is 10.9 Å². The number of carbonyl (C=O) groups is 1. The van der Waals surface area contributed by atoms with Crippen LogP contribution < -0.4 is 15.0 Å². The summed E-state index contributed by atoms with van der Waals surface area (Å²) < 4.78 is 16.0. The second-order valence-corrected chi connectivity index (χ2v) is 6.21. The van der Waals surface area contributed by atoms with Crippen LogP contribution in [0.4, 0.5) is 11.5 Å². The van der Waals surface area contributed by atoms with Gasteiger partial charge in [0.1, 0.15) is 17.3 Å². The monoisotopic (exact) mass is 378 g/mol. The zero-order chi connectivity index (χ0) is 19.5. The summed E-state index contributed by atoms with van der Waals surface area (Å²) in [5.41, 5.74) is 1.78. The fraction of sp³-hybridized carbons (Fsp3) is 0.250. The molecule has 0 bridgehead atoms. The molecule has 28 heavy (non-hydrogen) atoms. The van der Waals surface area contributed by atoms with Gasteiger partial charge in [-0.2, -0.15) is 5.26 Å². The molecule has 1 N–H and O–H groups in total. The number of aromatic nitrogens is 1. The van der Waals surface area contributed by atoms with Crippen molar-refractivity contribution in [2.75, 3.05) is 43.6 Å². The zero-order valence-electron chi connectivity index (χ0n) is 15.3. The Kier molecular flexibility index (Phi) is 4.83. The molecule has 0 aliphatic carbocycles. The predicted octanol–water partition coefficient (Wildman–Crippen LogP) is 2.80. The Morgan fingerprint density at radius 1 is 1.32 bits per heavy atom. The standard InChI is InChI=1S/C20H18N4O4/c1-26-16-5-4-15(24-6-9-27-10-7-24)14-11-13(12-21)19(22-18(14)16)23-20(25)17-3-2-8-28-17/h2-5,8,11H,6-7,9-10H2,1H3,(H,22,23,25). The number of nitrogens with zero attached hydrogens (tertiary/aromatic N) is 3. The fourth-order valence-corrected chi connectivity index (χ4v) is 3.22. The fourth-order valence-electron chi connectivity index (χ4n) is 3.22. The van der Waals surface area contributed by atoms with Crippen molar-refractivity contribution in [2.45, 2.75) is 0 Å². The van der Waals surface area contributed by atoms with Crippen molar-refractivity contribution >= 4 is 28.3 Å². The van der Waals surface area contributed by atoms with E-state index in [0.717, 1.165) is 24.2 Å². The summed E-state index contributed by atoms with van der Waals surface area (Å²) in [4.78, 5) is 19.1. The third-order valence-electron chi connectivity index (χ3n) is 4.59. The number of anilines is 2. The van der Waals surface area contributed by atoms with Gasteiger partial charge in [0.15, 0.2) is 11.6 Å². The number of morpholine rings is 1. The van der Waals surface area contributed by atoms with E-state index in [9.17, 15) is 10.1 Å². The van der Waals surface area contributed by atoms with E-state index in [-0.39, 0.29) is 17.1 Å². The molecule has 1 fully saturated rings. The van der Waals surface area contributed by atoms with Gasteiger partial charge in [-0.3, -0.25) is 4.79 Å². The minimum absolute atomic E-state index is 0.139. The molecule has 2 aromatic heterocycles. The summed E-state index contributed by atoms with van der Waals surface area (Å²) in [5, 5.41) is 13.1. The first-order chi connectivity index (χ1) is 13.7. The summed E-state index contributed by atoms with van der Waals surface area (Å²) in [6.07, 6.45) is 1.41. The number of pyridine rings is 1. The van der Waals surface area contributed by atoms with E-state index < -0.39 is 5.91 Å². The minimum Gasteiger partial charge on any atom is -0.494 e. The van der Waals surface area contributed by atoms with Crippen molar-refractivity contribution in [1.82, 2.24) is 4.98 Å². The highest BCUT2D eigenvalue weighted by Crippen LogP contribution is 2.35. The van der Waals surface area contributed by atoms with Gasteiger partial charge < -0.3 is 24.1 Å². The molecule has 0 saturated carbocycles. The van der Waals surface area contributed by atoms with Crippen LogP contribution in [0.5, 0.6) is 5.75 Å². The molecular formula is C20H18N4O4. The third kappa shape index (κ3) is 3.23. The summed E-state index contributed by atoms with van der Waals surface area (Å²) in [5.74, 6) is 0.385. The van der Waals surface area contributed by atoms with Crippen LogP contribution in [-0.2, 0) is 4.74 Å². The number of hydrogen-bond donors (Lipinski definition) is 1. The number of methoxy groups -OCH3 is 1. The van der Waals surface area contributed by atoms with Crippen LogP contribution in [0.2, 0.25) is 0 Å². The van der Waals surface area contributed by atoms with Crippen molar-refractivity contribution in [3.8, 4) is 11.8 Å². The lowest BCUT2D eigenvalue weighted by Crippen LogP contribution is -2.36. The van der Waals surface area contributed by atoms with Gasteiger partial charge in [-0.05, 0) is 30.3 Å². The molecular weight excluding hydrogens is 360 g/mol. The van der Waals surface area contributed by atoms with Gasteiger partial charge >= 0.3 is 0 Å². The average Bonchev–Trinajstić information content (AvgIpc) is 3.28. The highest BCUT2D eigenvalue weighted by atomic mass is 16.5.